The average Bonchev–Trinajstić information content (AvgIpc) is 2.87. The van der Waals surface area contributed by atoms with Crippen molar-refractivity contribution in [3.05, 3.63) is 28.5 Å². The highest BCUT2D eigenvalue weighted by Gasteiger charge is 2.13. The largest absolute Gasteiger partial charge is 0.480 e. The molecule has 0 spiro atoms. The molecule has 2 heterocycles. The molecule has 19 heavy (non-hydrogen) atoms. The number of hydrogen-bond acceptors (Lipinski definition) is 4. The lowest BCUT2D eigenvalue weighted by Gasteiger charge is -2.05. The lowest BCUT2D eigenvalue weighted by Crippen LogP contribution is -2.37. The Kier molecular flexibility index (Phi) is 3.87. The molecule has 0 aromatic carbocycles. The number of thiazole rings is 1. The van der Waals surface area contributed by atoms with Crippen LogP contribution in [-0.2, 0) is 9.59 Å². The summed E-state index contributed by atoms with van der Waals surface area (Å²) in [6.07, 6.45) is 4.52. The summed E-state index contributed by atoms with van der Waals surface area (Å²) >= 11 is 7.37. The molecular formula is C11H10ClN3O3S. The first-order chi connectivity index (χ1) is 8.99. The van der Waals surface area contributed by atoms with Gasteiger partial charge in [0.1, 0.15) is 6.04 Å². The molecule has 2 rings (SSSR count). The SMILES string of the molecule is C[C@H](NC(=O)/C=C/c1c(Cl)nc2sccn12)C(=O)O. The summed E-state index contributed by atoms with van der Waals surface area (Å²) in [5.74, 6) is -1.60. The molecule has 0 saturated carbocycles. The maximum Gasteiger partial charge on any atom is 0.325 e. The molecule has 0 saturated heterocycles. The zero-order valence-corrected chi connectivity index (χ0v) is 11.4. The summed E-state index contributed by atoms with van der Waals surface area (Å²) in [4.78, 5) is 26.9. The van der Waals surface area contributed by atoms with Crippen LogP contribution in [0.5, 0.6) is 0 Å². The molecule has 1 atom stereocenters. The van der Waals surface area contributed by atoms with Gasteiger partial charge in [0.2, 0.25) is 5.91 Å². The Balaban J connectivity index is 2.14. The first kappa shape index (κ1) is 13.6. The molecule has 0 fully saturated rings. The number of hydrogen-bond donors (Lipinski definition) is 2. The van der Waals surface area contributed by atoms with Crippen molar-refractivity contribution in [1.82, 2.24) is 14.7 Å². The van der Waals surface area contributed by atoms with E-state index < -0.39 is 17.9 Å². The lowest BCUT2D eigenvalue weighted by atomic mass is 10.3. The van der Waals surface area contributed by atoms with E-state index in [1.165, 1.54) is 30.4 Å². The topological polar surface area (TPSA) is 83.7 Å². The van der Waals surface area contributed by atoms with Crippen molar-refractivity contribution >= 4 is 45.9 Å². The smallest absolute Gasteiger partial charge is 0.325 e. The number of carbonyl (C=O) groups excluding carboxylic acids is 1. The Bertz CT molecular complexity index is 661. The summed E-state index contributed by atoms with van der Waals surface area (Å²) in [6.45, 7) is 1.39. The normalized spacial score (nSPS) is 12.9. The fourth-order valence-corrected chi connectivity index (χ4v) is 2.41. The molecule has 0 aliphatic carbocycles. The number of carboxylic acids is 1. The second-order valence-corrected chi connectivity index (χ2v) is 4.98. The minimum atomic E-state index is -1.09. The summed E-state index contributed by atoms with van der Waals surface area (Å²) in [6, 6.07) is -0.945. The van der Waals surface area contributed by atoms with Gasteiger partial charge < -0.3 is 10.4 Å². The van der Waals surface area contributed by atoms with Crippen molar-refractivity contribution in [1.29, 1.82) is 0 Å². The van der Waals surface area contributed by atoms with Crippen LogP contribution in [0.4, 0.5) is 0 Å². The van der Waals surface area contributed by atoms with Crippen molar-refractivity contribution < 1.29 is 14.7 Å². The zero-order chi connectivity index (χ0) is 14.0. The first-order valence-corrected chi connectivity index (χ1v) is 6.57. The number of imidazole rings is 1. The van der Waals surface area contributed by atoms with Gasteiger partial charge in [-0.05, 0) is 13.0 Å². The van der Waals surface area contributed by atoms with Gasteiger partial charge in [-0.2, -0.15) is 0 Å². The fraction of sp³-hybridized carbons (Fsp3) is 0.182. The molecule has 0 aliphatic heterocycles. The molecule has 6 nitrogen and oxygen atoms in total. The predicted molar refractivity (Wildman–Crippen MR) is 72.4 cm³/mol. The van der Waals surface area contributed by atoms with Gasteiger partial charge in [0, 0.05) is 17.7 Å². The van der Waals surface area contributed by atoms with Gasteiger partial charge in [0.25, 0.3) is 0 Å². The number of amides is 1. The van der Waals surface area contributed by atoms with Crippen molar-refractivity contribution in [2.45, 2.75) is 13.0 Å². The van der Waals surface area contributed by atoms with E-state index in [0.717, 1.165) is 4.96 Å². The molecule has 0 aliphatic rings. The molecule has 2 aromatic heterocycles. The molecular weight excluding hydrogens is 290 g/mol. The number of aromatic nitrogens is 2. The Morgan fingerprint density at radius 1 is 1.63 bits per heavy atom. The minimum absolute atomic E-state index is 0.294. The van der Waals surface area contributed by atoms with E-state index in [1.807, 2.05) is 5.38 Å². The van der Waals surface area contributed by atoms with Crippen molar-refractivity contribution in [2.75, 3.05) is 0 Å². The fourth-order valence-electron chi connectivity index (χ4n) is 1.40. The number of nitrogens with one attached hydrogen (secondary N) is 1. The van der Waals surface area contributed by atoms with E-state index in [9.17, 15) is 9.59 Å². The zero-order valence-electron chi connectivity index (χ0n) is 9.83. The summed E-state index contributed by atoms with van der Waals surface area (Å²) in [5.41, 5.74) is 0.580. The third-order valence-electron chi connectivity index (χ3n) is 2.38. The average molecular weight is 300 g/mol. The third-order valence-corrected chi connectivity index (χ3v) is 3.41. The molecule has 0 radical (unpaired) electrons. The van der Waals surface area contributed by atoms with Gasteiger partial charge in [0.05, 0.1) is 5.69 Å². The second-order valence-electron chi connectivity index (χ2n) is 3.75. The van der Waals surface area contributed by atoms with Gasteiger partial charge in [-0.15, -0.1) is 11.3 Å². The predicted octanol–water partition coefficient (Wildman–Crippen LogP) is 1.65. The number of carboxylic acid groups (broad SMARTS) is 1. The van der Waals surface area contributed by atoms with Crippen LogP contribution in [0.25, 0.3) is 11.0 Å². The van der Waals surface area contributed by atoms with Crippen LogP contribution in [0.15, 0.2) is 17.7 Å². The van der Waals surface area contributed by atoms with Gasteiger partial charge in [-0.25, -0.2) is 4.98 Å². The number of halogens is 1. The Morgan fingerprint density at radius 2 is 2.37 bits per heavy atom. The summed E-state index contributed by atoms with van der Waals surface area (Å²) in [5, 5.41) is 13.1. The molecule has 2 N–H and O–H groups in total. The highest BCUT2D eigenvalue weighted by molar-refractivity contribution is 7.15. The number of nitrogens with zero attached hydrogens (tertiary/aromatic N) is 2. The van der Waals surface area contributed by atoms with Gasteiger partial charge in [-0.1, -0.05) is 11.6 Å². The highest BCUT2D eigenvalue weighted by Crippen LogP contribution is 2.22. The van der Waals surface area contributed by atoms with E-state index in [4.69, 9.17) is 16.7 Å². The number of rotatable bonds is 4. The van der Waals surface area contributed by atoms with E-state index in [0.29, 0.717) is 10.8 Å². The van der Waals surface area contributed by atoms with Crippen molar-refractivity contribution in [3.63, 3.8) is 0 Å². The number of fused-ring (bicyclic) bond motifs is 1. The standard InChI is InChI=1S/C11H10ClN3O3S/c1-6(10(17)18)13-8(16)3-2-7-9(12)14-11-15(7)4-5-19-11/h2-6H,1H3,(H,13,16)(H,17,18)/b3-2+/t6-/m0/s1. The van der Waals surface area contributed by atoms with Crippen molar-refractivity contribution in [2.24, 2.45) is 0 Å². The molecule has 0 unspecified atom stereocenters. The van der Waals surface area contributed by atoms with Gasteiger partial charge >= 0.3 is 5.97 Å². The third kappa shape index (κ3) is 2.94. The quantitative estimate of drug-likeness (QED) is 0.841. The first-order valence-electron chi connectivity index (χ1n) is 5.31. The maximum absolute atomic E-state index is 11.5. The van der Waals surface area contributed by atoms with Crippen molar-refractivity contribution in [3.8, 4) is 0 Å². The second kappa shape index (κ2) is 5.41. The van der Waals surface area contributed by atoms with Crippen LogP contribution in [0.1, 0.15) is 12.6 Å². The minimum Gasteiger partial charge on any atom is -0.480 e. The van der Waals surface area contributed by atoms with Crippen LogP contribution in [-0.4, -0.2) is 32.4 Å². The Labute approximate surface area is 117 Å². The van der Waals surface area contributed by atoms with E-state index >= 15 is 0 Å². The van der Waals surface area contributed by atoms with E-state index in [-0.39, 0.29) is 0 Å². The van der Waals surface area contributed by atoms with E-state index in [1.54, 1.807) is 10.6 Å². The Morgan fingerprint density at radius 3 is 3.05 bits per heavy atom. The maximum atomic E-state index is 11.5. The van der Waals surface area contributed by atoms with Crippen LogP contribution < -0.4 is 5.32 Å². The van der Waals surface area contributed by atoms with Gasteiger partial charge in [-0.3, -0.25) is 14.0 Å². The molecule has 0 bridgehead atoms. The van der Waals surface area contributed by atoms with Crippen LogP contribution in [0.3, 0.4) is 0 Å². The Hall–Kier alpha value is -1.86. The number of carbonyl (C=O) groups is 2. The summed E-state index contributed by atoms with van der Waals surface area (Å²) in [7, 11) is 0. The lowest BCUT2D eigenvalue weighted by molar-refractivity contribution is -0.140. The molecule has 8 heteroatoms. The number of aliphatic carboxylic acids is 1. The molecule has 2 aromatic rings. The monoisotopic (exact) mass is 299 g/mol. The molecule has 100 valence electrons. The van der Waals surface area contributed by atoms with E-state index in [2.05, 4.69) is 10.3 Å². The molecule has 1 amide bonds. The van der Waals surface area contributed by atoms with Crippen LogP contribution >= 0.6 is 22.9 Å². The van der Waals surface area contributed by atoms with Gasteiger partial charge in [0.15, 0.2) is 10.1 Å². The highest BCUT2D eigenvalue weighted by atomic mass is 35.5. The van der Waals surface area contributed by atoms with Crippen LogP contribution in [0, 0.1) is 0 Å². The summed E-state index contributed by atoms with van der Waals surface area (Å²) < 4.78 is 1.75. The van der Waals surface area contributed by atoms with Crippen LogP contribution in [0.2, 0.25) is 5.15 Å².